The Kier molecular flexibility index (Phi) is 4.61. The van der Waals surface area contributed by atoms with Gasteiger partial charge >= 0.3 is 5.97 Å². The highest BCUT2D eigenvalue weighted by Crippen LogP contribution is 2.26. The number of aryl methyl sites for hydroxylation is 1. The largest absolute Gasteiger partial charge is 0.488 e. The first-order valence-corrected chi connectivity index (χ1v) is 7.58. The molecule has 1 aliphatic rings. The highest BCUT2D eigenvalue weighted by molar-refractivity contribution is 5.98. The van der Waals surface area contributed by atoms with Gasteiger partial charge in [-0.15, -0.1) is 0 Å². The maximum absolute atomic E-state index is 12.1. The molecule has 0 saturated carbocycles. The van der Waals surface area contributed by atoms with Crippen molar-refractivity contribution >= 4 is 23.6 Å². The average molecular weight is 323 g/mol. The fourth-order valence-corrected chi connectivity index (χ4v) is 2.38. The Bertz CT molecular complexity index is 811. The zero-order valence-electron chi connectivity index (χ0n) is 13.2. The average Bonchev–Trinajstić information content (AvgIpc) is 2.59. The van der Waals surface area contributed by atoms with Crippen molar-refractivity contribution in [3.63, 3.8) is 0 Å². The molecule has 0 atom stereocenters. The van der Waals surface area contributed by atoms with Gasteiger partial charge in [-0.2, -0.15) is 0 Å². The summed E-state index contributed by atoms with van der Waals surface area (Å²) in [6, 6.07) is 14.8. The van der Waals surface area contributed by atoms with Gasteiger partial charge in [-0.3, -0.25) is 4.79 Å². The van der Waals surface area contributed by atoms with E-state index >= 15 is 0 Å². The van der Waals surface area contributed by atoms with Gasteiger partial charge in [0.15, 0.2) is 6.61 Å². The zero-order chi connectivity index (χ0) is 16.9. The second-order valence-corrected chi connectivity index (χ2v) is 5.49. The number of anilines is 1. The number of ether oxygens (including phenoxy) is 2. The van der Waals surface area contributed by atoms with Crippen molar-refractivity contribution in [1.82, 2.24) is 0 Å². The summed E-state index contributed by atoms with van der Waals surface area (Å²) in [4.78, 5) is 23.9. The number of esters is 1. The Morgan fingerprint density at radius 3 is 2.83 bits per heavy atom. The van der Waals surface area contributed by atoms with E-state index in [1.54, 1.807) is 12.1 Å². The maximum atomic E-state index is 12.1. The molecule has 0 spiro atoms. The SMILES string of the molecule is Cc1cccc(NC(=O)COC(=O)C2=Cc3ccccc3OC2)c1. The van der Waals surface area contributed by atoms with Crippen LogP contribution in [0.3, 0.4) is 0 Å². The van der Waals surface area contributed by atoms with Crippen molar-refractivity contribution in [2.24, 2.45) is 0 Å². The van der Waals surface area contributed by atoms with Gasteiger partial charge in [0.2, 0.25) is 0 Å². The van der Waals surface area contributed by atoms with Gasteiger partial charge in [0.05, 0.1) is 5.57 Å². The quantitative estimate of drug-likeness (QED) is 0.879. The normalized spacial score (nSPS) is 12.5. The van der Waals surface area contributed by atoms with Crippen molar-refractivity contribution in [1.29, 1.82) is 0 Å². The van der Waals surface area contributed by atoms with E-state index < -0.39 is 5.97 Å². The van der Waals surface area contributed by atoms with Crippen molar-refractivity contribution in [2.45, 2.75) is 6.92 Å². The summed E-state index contributed by atoms with van der Waals surface area (Å²) in [6.07, 6.45) is 1.72. The first kappa shape index (κ1) is 15.8. The van der Waals surface area contributed by atoms with E-state index in [9.17, 15) is 9.59 Å². The number of hydrogen-bond acceptors (Lipinski definition) is 4. The van der Waals surface area contributed by atoms with E-state index in [0.29, 0.717) is 11.3 Å². The van der Waals surface area contributed by atoms with E-state index in [-0.39, 0.29) is 19.1 Å². The second kappa shape index (κ2) is 7.00. The Labute approximate surface area is 139 Å². The summed E-state index contributed by atoms with van der Waals surface area (Å²) < 4.78 is 10.6. The fourth-order valence-electron chi connectivity index (χ4n) is 2.38. The number of para-hydroxylation sites is 1. The molecule has 1 amide bonds. The molecule has 1 heterocycles. The molecule has 122 valence electrons. The second-order valence-electron chi connectivity index (χ2n) is 5.49. The Hall–Kier alpha value is -3.08. The highest BCUT2D eigenvalue weighted by Gasteiger charge is 2.19. The molecule has 1 N–H and O–H groups in total. The van der Waals surface area contributed by atoms with Crippen molar-refractivity contribution in [3.8, 4) is 5.75 Å². The molecular formula is C19H17NO4. The highest BCUT2D eigenvalue weighted by atomic mass is 16.5. The van der Waals surface area contributed by atoms with Crippen molar-refractivity contribution in [3.05, 3.63) is 65.2 Å². The van der Waals surface area contributed by atoms with Crippen LogP contribution < -0.4 is 10.1 Å². The lowest BCUT2D eigenvalue weighted by Gasteiger charge is -2.16. The molecule has 5 nitrogen and oxygen atoms in total. The number of nitrogens with one attached hydrogen (secondary N) is 1. The van der Waals surface area contributed by atoms with Gasteiger partial charge in [0.1, 0.15) is 12.4 Å². The van der Waals surface area contributed by atoms with Crippen LogP contribution >= 0.6 is 0 Å². The number of fused-ring (bicyclic) bond motifs is 1. The number of benzene rings is 2. The van der Waals surface area contributed by atoms with Gasteiger partial charge in [-0.25, -0.2) is 4.79 Å². The molecule has 0 aromatic heterocycles. The van der Waals surface area contributed by atoms with Crippen LogP contribution in [-0.4, -0.2) is 25.1 Å². The zero-order valence-corrected chi connectivity index (χ0v) is 13.2. The molecule has 0 saturated heterocycles. The first-order chi connectivity index (χ1) is 11.6. The number of amides is 1. The molecule has 0 radical (unpaired) electrons. The smallest absolute Gasteiger partial charge is 0.338 e. The fraction of sp³-hybridized carbons (Fsp3) is 0.158. The van der Waals surface area contributed by atoms with Crippen LogP contribution in [0.4, 0.5) is 5.69 Å². The molecule has 24 heavy (non-hydrogen) atoms. The topological polar surface area (TPSA) is 64.6 Å². The molecule has 2 aromatic carbocycles. The van der Waals surface area contributed by atoms with E-state index in [0.717, 1.165) is 16.9 Å². The summed E-state index contributed by atoms with van der Waals surface area (Å²) in [7, 11) is 0. The molecular weight excluding hydrogens is 306 g/mol. The van der Waals surface area contributed by atoms with Crippen molar-refractivity contribution < 1.29 is 19.1 Å². The van der Waals surface area contributed by atoms with Crippen LogP contribution in [-0.2, 0) is 14.3 Å². The van der Waals surface area contributed by atoms with E-state index in [1.165, 1.54) is 0 Å². The molecule has 0 fully saturated rings. The predicted octanol–water partition coefficient (Wildman–Crippen LogP) is 2.95. The van der Waals surface area contributed by atoms with Crippen LogP contribution in [0.2, 0.25) is 0 Å². The standard InChI is InChI=1S/C19H17NO4/c1-13-5-4-7-16(9-13)20-18(21)12-24-19(22)15-10-14-6-2-3-8-17(14)23-11-15/h2-10H,11-12H2,1H3,(H,20,21). The number of carbonyl (C=O) groups excluding carboxylic acids is 2. The summed E-state index contributed by atoms with van der Waals surface area (Å²) in [5.41, 5.74) is 2.91. The molecule has 0 unspecified atom stereocenters. The number of rotatable bonds is 4. The molecule has 3 rings (SSSR count). The van der Waals surface area contributed by atoms with E-state index in [4.69, 9.17) is 9.47 Å². The Balaban J connectivity index is 1.56. The van der Waals surface area contributed by atoms with E-state index in [1.807, 2.05) is 49.4 Å². The third-order valence-electron chi connectivity index (χ3n) is 3.53. The van der Waals surface area contributed by atoms with Gasteiger partial charge in [-0.1, -0.05) is 30.3 Å². The van der Waals surface area contributed by atoms with Crippen LogP contribution in [0.1, 0.15) is 11.1 Å². The summed E-state index contributed by atoms with van der Waals surface area (Å²) in [6.45, 7) is 1.73. The van der Waals surface area contributed by atoms with Crippen LogP contribution in [0.15, 0.2) is 54.1 Å². The Morgan fingerprint density at radius 2 is 2.00 bits per heavy atom. The monoisotopic (exact) mass is 323 g/mol. The van der Waals surface area contributed by atoms with Crippen LogP contribution in [0.25, 0.3) is 6.08 Å². The summed E-state index contributed by atoms with van der Waals surface area (Å²) >= 11 is 0. The third-order valence-corrected chi connectivity index (χ3v) is 3.53. The van der Waals surface area contributed by atoms with Gasteiger partial charge in [-0.05, 0) is 36.8 Å². The molecule has 0 bridgehead atoms. The maximum Gasteiger partial charge on any atom is 0.338 e. The van der Waals surface area contributed by atoms with E-state index in [2.05, 4.69) is 5.32 Å². The minimum absolute atomic E-state index is 0.134. The van der Waals surface area contributed by atoms with Crippen molar-refractivity contribution in [2.75, 3.05) is 18.5 Å². The van der Waals surface area contributed by atoms with Gasteiger partial charge in [0.25, 0.3) is 5.91 Å². The molecule has 0 aliphatic carbocycles. The lowest BCUT2D eigenvalue weighted by atomic mass is 10.1. The van der Waals surface area contributed by atoms with Crippen LogP contribution in [0, 0.1) is 6.92 Å². The number of hydrogen-bond donors (Lipinski definition) is 1. The molecule has 1 aliphatic heterocycles. The minimum atomic E-state index is -0.552. The first-order valence-electron chi connectivity index (χ1n) is 7.58. The third kappa shape index (κ3) is 3.81. The predicted molar refractivity (Wildman–Crippen MR) is 90.7 cm³/mol. The lowest BCUT2D eigenvalue weighted by molar-refractivity contribution is -0.143. The summed E-state index contributed by atoms with van der Waals surface area (Å²) in [5, 5.41) is 2.69. The van der Waals surface area contributed by atoms with Gasteiger partial charge in [0, 0.05) is 11.3 Å². The molecule has 5 heteroatoms. The number of carbonyl (C=O) groups is 2. The minimum Gasteiger partial charge on any atom is -0.488 e. The Morgan fingerprint density at radius 1 is 1.17 bits per heavy atom. The lowest BCUT2D eigenvalue weighted by Crippen LogP contribution is -2.23. The van der Waals surface area contributed by atoms with Crippen LogP contribution in [0.5, 0.6) is 5.75 Å². The van der Waals surface area contributed by atoms with Gasteiger partial charge < -0.3 is 14.8 Å². The molecule has 2 aromatic rings. The summed E-state index contributed by atoms with van der Waals surface area (Å²) in [5.74, 6) is -0.207.